The van der Waals surface area contributed by atoms with Gasteiger partial charge >= 0.3 is 5.97 Å². The van der Waals surface area contributed by atoms with Gasteiger partial charge < -0.3 is 15.4 Å². The van der Waals surface area contributed by atoms with E-state index in [1.807, 2.05) is 31.2 Å². The summed E-state index contributed by atoms with van der Waals surface area (Å²) in [5.74, 6) is -0.951. The molecule has 6 nitrogen and oxygen atoms in total. The van der Waals surface area contributed by atoms with Gasteiger partial charge in [-0.25, -0.2) is 4.79 Å². The van der Waals surface area contributed by atoms with Gasteiger partial charge in [0.25, 0.3) is 0 Å². The molecule has 2 N–H and O–H groups in total. The molecule has 0 spiro atoms. The fraction of sp³-hybridized carbons (Fsp3) is 0.381. The molecule has 1 saturated heterocycles. The fourth-order valence-electron chi connectivity index (χ4n) is 2.83. The third kappa shape index (κ3) is 7.09. The molecule has 0 aromatic heterocycles. The summed E-state index contributed by atoms with van der Waals surface area (Å²) < 4.78 is 4.87. The van der Waals surface area contributed by atoms with E-state index >= 15 is 0 Å². The van der Waals surface area contributed by atoms with Gasteiger partial charge in [0, 0.05) is 30.7 Å². The van der Waals surface area contributed by atoms with E-state index < -0.39 is 12.0 Å². The van der Waals surface area contributed by atoms with Crippen LogP contribution >= 0.6 is 0 Å². The number of hydrogen-bond donors (Lipinski definition) is 2. The van der Waals surface area contributed by atoms with Crippen molar-refractivity contribution in [3.8, 4) is 0 Å². The number of esters is 1. The summed E-state index contributed by atoms with van der Waals surface area (Å²) in [5, 5.41) is 5.63. The second-order valence-electron chi connectivity index (χ2n) is 6.48. The minimum Gasteiger partial charge on any atom is -0.463 e. The molecule has 144 valence electrons. The lowest BCUT2D eigenvalue weighted by Crippen LogP contribution is -2.35. The molecule has 0 saturated carbocycles. The van der Waals surface area contributed by atoms with E-state index in [-0.39, 0.29) is 24.3 Å². The Kier molecular flexibility index (Phi) is 7.79. The average Bonchev–Trinajstić information content (AvgIpc) is 3.04. The summed E-state index contributed by atoms with van der Waals surface area (Å²) in [6.07, 6.45) is 7.21. The van der Waals surface area contributed by atoms with Crippen LogP contribution in [0.3, 0.4) is 0 Å². The molecule has 2 atom stereocenters. The minimum absolute atomic E-state index is 0.0195. The molecule has 0 aliphatic carbocycles. The van der Waals surface area contributed by atoms with E-state index in [0.29, 0.717) is 13.0 Å². The summed E-state index contributed by atoms with van der Waals surface area (Å²) >= 11 is 0. The van der Waals surface area contributed by atoms with E-state index in [1.165, 1.54) is 12.2 Å². The number of amides is 2. The van der Waals surface area contributed by atoms with Crippen LogP contribution in [0.25, 0.3) is 6.08 Å². The summed E-state index contributed by atoms with van der Waals surface area (Å²) in [7, 11) is 0. The Morgan fingerprint density at radius 1 is 1.30 bits per heavy atom. The first kappa shape index (κ1) is 20.4. The number of aryl methyl sites for hydroxylation is 1. The van der Waals surface area contributed by atoms with Gasteiger partial charge in [-0.1, -0.05) is 35.9 Å². The van der Waals surface area contributed by atoms with Gasteiger partial charge in [-0.3, -0.25) is 9.59 Å². The van der Waals surface area contributed by atoms with Crippen molar-refractivity contribution in [2.24, 2.45) is 5.92 Å². The maximum Gasteiger partial charge on any atom is 0.330 e. The number of benzene rings is 1. The zero-order chi connectivity index (χ0) is 19.6. The highest BCUT2D eigenvalue weighted by atomic mass is 16.5. The molecule has 2 amide bonds. The number of carbonyl (C=O) groups excluding carboxylic acids is 3. The van der Waals surface area contributed by atoms with E-state index in [1.54, 1.807) is 19.1 Å². The number of hydrogen-bond acceptors (Lipinski definition) is 4. The predicted molar refractivity (Wildman–Crippen MR) is 104 cm³/mol. The SMILES string of the molecule is CCOC(=O)/C=C/C(CC1CCNC1=O)NC(=O)/C=C/c1ccc(C)cc1. The third-order valence-electron chi connectivity index (χ3n) is 4.28. The number of ether oxygens (including phenoxy) is 1. The first-order valence-corrected chi connectivity index (χ1v) is 9.16. The first-order chi connectivity index (χ1) is 13.0. The number of rotatable bonds is 8. The van der Waals surface area contributed by atoms with Gasteiger partial charge in [0.1, 0.15) is 0 Å². The number of carbonyl (C=O) groups is 3. The normalized spacial score (nSPS) is 17.9. The Morgan fingerprint density at radius 3 is 2.67 bits per heavy atom. The van der Waals surface area contributed by atoms with E-state index in [9.17, 15) is 14.4 Å². The van der Waals surface area contributed by atoms with Crippen LogP contribution in [0, 0.1) is 12.8 Å². The van der Waals surface area contributed by atoms with Gasteiger partial charge in [-0.15, -0.1) is 0 Å². The first-order valence-electron chi connectivity index (χ1n) is 9.16. The Hall–Kier alpha value is -2.89. The van der Waals surface area contributed by atoms with Crippen LogP contribution in [0.5, 0.6) is 0 Å². The third-order valence-corrected chi connectivity index (χ3v) is 4.28. The van der Waals surface area contributed by atoms with Crippen molar-refractivity contribution < 1.29 is 19.1 Å². The van der Waals surface area contributed by atoms with E-state index in [0.717, 1.165) is 17.5 Å². The highest BCUT2D eigenvalue weighted by Crippen LogP contribution is 2.17. The zero-order valence-electron chi connectivity index (χ0n) is 15.7. The molecule has 1 aliphatic heterocycles. The summed E-state index contributed by atoms with van der Waals surface area (Å²) in [6, 6.07) is 7.38. The minimum atomic E-state index is -0.470. The Balaban J connectivity index is 2.00. The lowest BCUT2D eigenvalue weighted by Gasteiger charge is -2.17. The molecule has 27 heavy (non-hydrogen) atoms. The average molecular weight is 370 g/mol. The van der Waals surface area contributed by atoms with Crippen LogP contribution in [0.2, 0.25) is 0 Å². The maximum atomic E-state index is 12.3. The van der Waals surface area contributed by atoms with Crippen molar-refractivity contribution in [3.63, 3.8) is 0 Å². The van der Waals surface area contributed by atoms with Crippen LogP contribution in [0.15, 0.2) is 42.5 Å². The lowest BCUT2D eigenvalue weighted by atomic mass is 9.98. The van der Waals surface area contributed by atoms with E-state index in [4.69, 9.17) is 4.74 Å². The van der Waals surface area contributed by atoms with Gasteiger partial charge in [-0.2, -0.15) is 0 Å². The molecular weight excluding hydrogens is 344 g/mol. The van der Waals surface area contributed by atoms with Gasteiger partial charge in [0.2, 0.25) is 11.8 Å². The van der Waals surface area contributed by atoms with Crippen molar-refractivity contribution in [1.82, 2.24) is 10.6 Å². The molecule has 1 heterocycles. The summed E-state index contributed by atoms with van der Waals surface area (Å²) in [6.45, 7) is 4.65. The Bertz CT molecular complexity index is 722. The fourth-order valence-corrected chi connectivity index (χ4v) is 2.83. The zero-order valence-corrected chi connectivity index (χ0v) is 15.7. The van der Waals surface area contributed by atoms with E-state index in [2.05, 4.69) is 10.6 Å². The van der Waals surface area contributed by atoms with Crippen molar-refractivity contribution in [2.45, 2.75) is 32.7 Å². The van der Waals surface area contributed by atoms with Gasteiger partial charge in [0.15, 0.2) is 0 Å². The smallest absolute Gasteiger partial charge is 0.330 e. The molecule has 0 bridgehead atoms. The molecular formula is C21H26N2O4. The molecule has 1 fully saturated rings. The topological polar surface area (TPSA) is 84.5 Å². The van der Waals surface area contributed by atoms with Crippen LogP contribution in [-0.4, -0.2) is 37.0 Å². The molecule has 2 unspecified atom stereocenters. The second-order valence-corrected chi connectivity index (χ2v) is 6.48. The molecule has 6 heteroatoms. The highest BCUT2D eigenvalue weighted by Gasteiger charge is 2.26. The van der Waals surface area contributed by atoms with Crippen molar-refractivity contribution in [1.29, 1.82) is 0 Å². The van der Waals surface area contributed by atoms with Crippen LogP contribution in [-0.2, 0) is 19.1 Å². The second kappa shape index (κ2) is 10.3. The van der Waals surface area contributed by atoms with Crippen LogP contribution in [0.4, 0.5) is 0 Å². The lowest BCUT2D eigenvalue weighted by molar-refractivity contribution is -0.137. The largest absolute Gasteiger partial charge is 0.463 e. The van der Waals surface area contributed by atoms with Crippen LogP contribution < -0.4 is 10.6 Å². The predicted octanol–water partition coefficient (Wildman–Crippen LogP) is 2.14. The van der Waals surface area contributed by atoms with Crippen molar-refractivity contribution >= 4 is 23.9 Å². The Morgan fingerprint density at radius 2 is 2.04 bits per heavy atom. The Labute approximate surface area is 159 Å². The van der Waals surface area contributed by atoms with Gasteiger partial charge in [0.05, 0.1) is 6.61 Å². The summed E-state index contributed by atoms with van der Waals surface area (Å²) in [4.78, 5) is 35.6. The number of nitrogens with one attached hydrogen (secondary N) is 2. The van der Waals surface area contributed by atoms with Crippen LogP contribution in [0.1, 0.15) is 30.9 Å². The quantitative estimate of drug-likeness (QED) is 0.542. The monoisotopic (exact) mass is 370 g/mol. The molecule has 2 rings (SSSR count). The van der Waals surface area contributed by atoms with Crippen molar-refractivity contribution in [2.75, 3.05) is 13.2 Å². The molecule has 1 aliphatic rings. The summed E-state index contributed by atoms with van der Waals surface area (Å²) in [5.41, 5.74) is 2.07. The highest BCUT2D eigenvalue weighted by molar-refractivity contribution is 5.92. The molecule has 0 radical (unpaired) electrons. The maximum absolute atomic E-state index is 12.3. The standard InChI is InChI=1S/C21H26N2O4/c1-3-27-20(25)11-9-18(14-17-12-13-22-21(17)26)23-19(24)10-8-16-6-4-15(2)5-7-16/h4-11,17-18H,3,12-14H2,1-2H3,(H,22,26)(H,23,24)/b10-8+,11-9+. The molecule has 1 aromatic carbocycles. The van der Waals surface area contributed by atoms with Gasteiger partial charge in [-0.05, 0) is 38.3 Å². The van der Waals surface area contributed by atoms with Crippen molar-refractivity contribution in [3.05, 3.63) is 53.6 Å². The molecule has 1 aromatic rings.